The molecule has 0 saturated heterocycles. The van der Waals surface area contributed by atoms with Crippen LogP contribution in [0.15, 0.2) is 29.6 Å². The second-order valence-electron chi connectivity index (χ2n) is 4.55. The van der Waals surface area contributed by atoms with Crippen LogP contribution in [0.25, 0.3) is 0 Å². The van der Waals surface area contributed by atoms with Gasteiger partial charge in [0.1, 0.15) is 5.75 Å². The smallest absolute Gasteiger partial charge is 0.325 e. The van der Waals surface area contributed by atoms with Gasteiger partial charge >= 0.3 is 6.03 Å². The largest absolute Gasteiger partial charge is 0.495 e. The number of ether oxygens (including phenoxy) is 1. The van der Waals surface area contributed by atoms with Gasteiger partial charge in [-0.3, -0.25) is 10.1 Å². The van der Waals surface area contributed by atoms with Gasteiger partial charge in [-0.15, -0.1) is 11.3 Å². The number of rotatable bonds is 6. The third kappa shape index (κ3) is 4.96. The van der Waals surface area contributed by atoms with E-state index in [0.29, 0.717) is 28.8 Å². The SMILES string of the molecule is CCNC(=O)Cc1csc(NC(=O)Nc2ccccc2OC)n1. The van der Waals surface area contributed by atoms with Crippen LogP contribution in [0.4, 0.5) is 15.6 Å². The van der Waals surface area contributed by atoms with E-state index < -0.39 is 6.03 Å². The van der Waals surface area contributed by atoms with Crippen LogP contribution in [0.1, 0.15) is 12.6 Å². The maximum absolute atomic E-state index is 12.0. The van der Waals surface area contributed by atoms with Crippen molar-refractivity contribution >= 4 is 34.1 Å². The molecule has 0 bridgehead atoms. The molecule has 0 fully saturated rings. The second-order valence-corrected chi connectivity index (χ2v) is 5.41. The first kappa shape index (κ1) is 16.8. The highest BCUT2D eigenvalue weighted by molar-refractivity contribution is 7.14. The molecule has 7 nitrogen and oxygen atoms in total. The van der Waals surface area contributed by atoms with Crippen molar-refractivity contribution in [3.05, 3.63) is 35.3 Å². The highest BCUT2D eigenvalue weighted by Gasteiger charge is 2.11. The lowest BCUT2D eigenvalue weighted by atomic mass is 10.3. The predicted octanol–water partition coefficient (Wildman–Crippen LogP) is 2.47. The fourth-order valence-electron chi connectivity index (χ4n) is 1.87. The van der Waals surface area contributed by atoms with E-state index in [1.165, 1.54) is 18.4 Å². The van der Waals surface area contributed by atoms with Crippen molar-refractivity contribution in [2.24, 2.45) is 0 Å². The molecule has 1 aromatic carbocycles. The molecule has 8 heteroatoms. The maximum Gasteiger partial charge on any atom is 0.325 e. The first-order valence-electron chi connectivity index (χ1n) is 7.04. The maximum atomic E-state index is 12.0. The molecule has 2 rings (SSSR count). The van der Waals surface area contributed by atoms with Gasteiger partial charge in [0.15, 0.2) is 5.13 Å². The number of likely N-dealkylation sites (N-methyl/N-ethyl adjacent to an activating group) is 1. The molecule has 3 amide bonds. The molecule has 0 aliphatic heterocycles. The lowest BCUT2D eigenvalue weighted by Gasteiger charge is -2.09. The van der Waals surface area contributed by atoms with Crippen LogP contribution < -0.4 is 20.7 Å². The van der Waals surface area contributed by atoms with Crippen molar-refractivity contribution in [2.75, 3.05) is 24.3 Å². The van der Waals surface area contributed by atoms with E-state index in [1.807, 2.05) is 13.0 Å². The van der Waals surface area contributed by atoms with Crippen LogP contribution in [0.5, 0.6) is 5.75 Å². The predicted molar refractivity (Wildman–Crippen MR) is 90.1 cm³/mol. The summed E-state index contributed by atoms with van der Waals surface area (Å²) in [5, 5.41) is 10.2. The number of thiazole rings is 1. The van der Waals surface area contributed by atoms with E-state index in [1.54, 1.807) is 23.6 Å². The van der Waals surface area contributed by atoms with E-state index >= 15 is 0 Å². The average Bonchev–Trinajstić information content (AvgIpc) is 2.94. The third-order valence-electron chi connectivity index (χ3n) is 2.84. The number of anilines is 2. The zero-order valence-electron chi connectivity index (χ0n) is 12.9. The molecule has 0 unspecified atom stereocenters. The third-order valence-corrected chi connectivity index (χ3v) is 3.65. The fraction of sp³-hybridized carbons (Fsp3) is 0.267. The number of benzene rings is 1. The van der Waals surface area contributed by atoms with Gasteiger partial charge in [-0.25, -0.2) is 9.78 Å². The van der Waals surface area contributed by atoms with Crippen LogP contribution in [0.3, 0.4) is 0 Å². The number of nitrogens with one attached hydrogen (secondary N) is 3. The number of aromatic nitrogens is 1. The summed E-state index contributed by atoms with van der Waals surface area (Å²) in [4.78, 5) is 27.7. The van der Waals surface area contributed by atoms with Gasteiger partial charge in [0.2, 0.25) is 5.91 Å². The van der Waals surface area contributed by atoms with Gasteiger partial charge < -0.3 is 15.4 Å². The molecule has 0 aliphatic rings. The number of amides is 3. The van der Waals surface area contributed by atoms with Crippen molar-refractivity contribution in [3.8, 4) is 5.75 Å². The van der Waals surface area contributed by atoms with Crippen molar-refractivity contribution in [1.82, 2.24) is 10.3 Å². The topological polar surface area (TPSA) is 92.4 Å². The number of hydrogen-bond donors (Lipinski definition) is 3. The normalized spacial score (nSPS) is 10.0. The lowest BCUT2D eigenvalue weighted by Crippen LogP contribution is -2.24. The van der Waals surface area contributed by atoms with E-state index in [9.17, 15) is 9.59 Å². The summed E-state index contributed by atoms with van der Waals surface area (Å²) in [5.74, 6) is 0.474. The Kier molecular flexibility index (Phi) is 5.93. The molecule has 0 atom stereocenters. The quantitative estimate of drug-likeness (QED) is 0.757. The second kappa shape index (κ2) is 8.14. The molecular weight excluding hydrogens is 316 g/mol. The van der Waals surface area contributed by atoms with E-state index in [-0.39, 0.29) is 12.3 Å². The van der Waals surface area contributed by atoms with Gasteiger partial charge in [0.05, 0.1) is 24.9 Å². The van der Waals surface area contributed by atoms with Crippen LogP contribution >= 0.6 is 11.3 Å². The summed E-state index contributed by atoms with van der Waals surface area (Å²) >= 11 is 1.26. The van der Waals surface area contributed by atoms with Gasteiger partial charge in [-0.2, -0.15) is 0 Å². The first-order valence-corrected chi connectivity index (χ1v) is 7.92. The number of carbonyl (C=O) groups excluding carboxylic acids is 2. The minimum Gasteiger partial charge on any atom is -0.495 e. The van der Waals surface area contributed by atoms with Crippen molar-refractivity contribution in [1.29, 1.82) is 0 Å². The lowest BCUT2D eigenvalue weighted by molar-refractivity contribution is -0.120. The Morgan fingerprint density at radius 2 is 2.04 bits per heavy atom. The molecule has 0 spiro atoms. The first-order chi connectivity index (χ1) is 11.1. The van der Waals surface area contributed by atoms with Gasteiger partial charge in [-0.1, -0.05) is 12.1 Å². The number of hydrogen-bond acceptors (Lipinski definition) is 5. The monoisotopic (exact) mass is 334 g/mol. The molecule has 1 aromatic heterocycles. The molecule has 0 radical (unpaired) electrons. The standard InChI is InChI=1S/C15H18N4O3S/c1-3-16-13(20)8-10-9-23-15(17-10)19-14(21)18-11-6-4-5-7-12(11)22-2/h4-7,9H,3,8H2,1-2H3,(H,16,20)(H2,17,18,19,21). The zero-order chi connectivity index (χ0) is 16.7. The Bertz CT molecular complexity index is 687. The minimum absolute atomic E-state index is 0.0946. The molecule has 23 heavy (non-hydrogen) atoms. The molecular formula is C15H18N4O3S. The molecule has 122 valence electrons. The van der Waals surface area contributed by atoms with Crippen LogP contribution in [-0.2, 0) is 11.2 Å². The Balaban J connectivity index is 1.93. The number of methoxy groups -OCH3 is 1. The number of nitrogens with zero attached hydrogens (tertiary/aromatic N) is 1. The van der Waals surface area contributed by atoms with Gasteiger partial charge in [0, 0.05) is 11.9 Å². The highest BCUT2D eigenvalue weighted by Crippen LogP contribution is 2.23. The van der Waals surface area contributed by atoms with Crippen LogP contribution in [-0.4, -0.2) is 30.6 Å². The summed E-state index contributed by atoms with van der Waals surface area (Å²) in [6.07, 6.45) is 0.195. The average molecular weight is 334 g/mol. The number of carbonyl (C=O) groups is 2. The van der Waals surface area contributed by atoms with Gasteiger partial charge in [0.25, 0.3) is 0 Å². The van der Waals surface area contributed by atoms with Crippen molar-refractivity contribution in [3.63, 3.8) is 0 Å². The van der Waals surface area contributed by atoms with Crippen LogP contribution in [0.2, 0.25) is 0 Å². The van der Waals surface area contributed by atoms with Gasteiger partial charge in [-0.05, 0) is 19.1 Å². The Morgan fingerprint density at radius 1 is 1.26 bits per heavy atom. The Hall–Kier alpha value is -2.61. The summed E-state index contributed by atoms with van der Waals surface area (Å²) in [7, 11) is 1.53. The van der Waals surface area contributed by atoms with E-state index in [4.69, 9.17) is 4.74 Å². The molecule has 0 saturated carbocycles. The van der Waals surface area contributed by atoms with Crippen molar-refractivity contribution in [2.45, 2.75) is 13.3 Å². The van der Waals surface area contributed by atoms with E-state index in [2.05, 4.69) is 20.9 Å². The number of para-hydroxylation sites is 2. The minimum atomic E-state index is -0.423. The molecule has 2 aromatic rings. The van der Waals surface area contributed by atoms with Crippen molar-refractivity contribution < 1.29 is 14.3 Å². The summed E-state index contributed by atoms with van der Waals surface area (Å²) in [6, 6.07) is 6.68. The summed E-state index contributed by atoms with van der Waals surface area (Å²) < 4.78 is 5.17. The Morgan fingerprint density at radius 3 is 2.78 bits per heavy atom. The van der Waals surface area contributed by atoms with Crippen LogP contribution in [0, 0.1) is 0 Å². The molecule has 1 heterocycles. The molecule has 0 aliphatic carbocycles. The fourth-order valence-corrected chi connectivity index (χ4v) is 2.57. The summed E-state index contributed by atoms with van der Waals surface area (Å²) in [6.45, 7) is 2.43. The summed E-state index contributed by atoms with van der Waals surface area (Å²) in [5.41, 5.74) is 1.18. The highest BCUT2D eigenvalue weighted by atomic mass is 32.1. The Labute approximate surface area is 138 Å². The molecule has 3 N–H and O–H groups in total. The zero-order valence-corrected chi connectivity index (χ0v) is 13.7. The number of urea groups is 1. The van der Waals surface area contributed by atoms with E-state index in [0.717, 1.165) is 0 Å².